The molecule has 1 heterocycles. The van der Waals surface area contributed by atoms with Gasteiger partial charge in [-0.3, -0.25) is 9.69 Å². The monoisotopic (exact) mass is 247 g/mol. The van der Waals surface area contributed by atoms with Gasteiger partial charge in [-0.25, -0.2) is 0 Å². The van der Waals surface area contributed by atoms with E-state index in [9.17, 15) is 4.79 Å². The number of nitrogens with zero attached hydrogens (tertiary/aromatic N) is 1. The van der Waals surface area contributed by atoms with Gasteiger partial charge in [-0.15, -0.1) is 0 Å². The Kier molecular flexibility index (Phi) is 4.76. The quantitative estimate of drug-likeness (QED) is 0.766. The number of Topliss-reactive ketones (excluding diaryl/α,β-unsaturated/α-hetero) is 1. The maximum atomic E-state index is 12.1. The van der Waals surface area contributed by atoms with Crippen LogP contribution in [0.4, 0.5) is 0 Å². The summed E-state index contributed by atoms with van der Waals surface area (Å²) in [6.07, 6.45) is 5.03. The largest absolute Gasteiger partial charge is 0.497 e. The van der Waals surface area contributed by atoms with Crippen molar-refractivity contribution in [3.05, 3.63) is 29.8 Å². The zero-order valence-corrected chi connectivity index (χ0v) is 11.0. The first kappa shape index (κ1) is 13.1. The van der Waals surface area contributed by atoms with Crippen LogP contribution < -0.4 is 4.74 Å². The predicted octanol–water partition coefficient (Wildman–Crippen LogP) is 2.75. The van der Waals surface area contributed by atoms with Gasteiger partial charge in [0.2, 0.25) is 0 Å². The predicted molar refractivity (Wildman–Crippen MR) is 72.2 cm³/mol. The summed E-state index contributed by atoms with van der Waals surface area (Å²) in [4.78, 5) is 14.4. The van der Waals surface area contributed by atoms with Crippen LogP contribution in [-0.2, 0) is 0 Å². The number of carbonyl (C=O) groups excluding carboxylic acids is 1. The molecule has 0 radical (unpaired) electrons. The van der Waals surface area contributed by atoms with E-state index in [-0.39, 0.29) is 5.78 Å². The van der Waals surface area contributed by atoms with Gasteiger partial charge in [-0.1, -0.05) is 12.8 Å². The summed E-state index contributed by atoms with van der Waals surface area (Å²) in [5.74, 6) is 1.00. The molecule has 2 rings (SSSR count). The Labute approximate surface area is 109 Å². The van der Waals surface area contributed by atoms with Crippen LogP contribution in [0.5, 0.6) is 5.75 Å². The van der Waals surface area contributed by atoms with Crippen LogP contribution in [0.3, 0.4) is 0 Å². The molecule has 1 aliphatic heterocycles. The molecule has 1 fully saturated rings. The maximum Gasteiger partial charge on any atom is 0.176 e. The Morgan fingerprint density at radius 3 is 2.28 bits per heavy atom. The summed E-state index contributed by atoms with van der Waals surface area (Å²) < 4.78 is 5.09. The van der Waals surface area contributed by atoms with E-state index in [0.717, 1.165) is 24.4 Å². The third-order valence-electron chi connectivity index (χ3n) is 3.48. The summed E-state index contributed by atoms with van der Waals surface area (Å²) in [6, 6.07) is 7.38. The van der Waals surface area contributed by atoms with Crippen LogP contribution in [-0.4, -0.2) is 37.4 Å². The number of methoxy groups -OCH3 is 1. The van der Waals surface area contributed by atoms with Crippen LogP contribution in [0.2, 0.25) is 0 Å². The Bertz CT molecular complexity index is 378. The van der Waals surface area contributed by atoms with E-state index in [1.807, 2.05) is 24.3 Å². The Morgan fingerprint density at radius 2 is 1.72 bits per heavy atom. The molecule has 0 aliphatic carbocycles. The topological polar surface area (TPSA) is 29.5 Å². The van der Waals surface area contributed by atoms with E-state index in [2.05, 4.69) is 4.90 Å². The molecular formula is C15H21NO2. The minimum atomic E-state index is 0.208. The van der Waals surface area contributed by atoms with Crippen LogP contribution in [0.25, 0.3) is 0 Å². The zero-order chi connectivity index (χ0) is 12.8. The molecule has 98 valence electrons. The van der Waals surface area contributed by atoms with Gasteiger partial charge in [-0.05, 0) is 50.2 Å². The smallest absolute Gasteiger partial charge is 0.176 e. The molecule has 0 bridgehead atoms. The molecule has 0 atom stereocenters. The third-order valence-corrected chi connectivity index (χ3v) is 3.48. The van der Waals surface area contributed by atoms with Crippen molar-refractivity contribution in [2.24, 2.45) is 0 Å². The second-order valence-corrected chi connectivity index (χ2v) is 4.84. The number of likely N-dealkylation sites (tertiary alicyclic amines) is 1. The first-order valence-corrected chi connectivity index (χ1v) is 6.69. The molecule has 0 saturated carbocycles. The average Bonchev–Trinajstić information content (AvgIpc) is 2.67. The van der Waals surface area contributed by atoms with E-state index < -0.39 is 0 Å². The Balaban J connectivity index is 1.93. The number of carbonyl (C=O) groups is 1. The maximum absolute atomic E-state index is 12.1. The second kappa shape index (κ2) is 6.55. The number of ketones is 1. The molecular weight excluding hydrogens is 226 g/mol. The van der Waals surface area contributed by atoms with E-state index >= 15 is 0 Å². The van der Waals surface area contributed by atoms with Crippen LogP contribution in [0.1, 0.15) is 36.0 Å². The number of rotatable bonds is 4. The van der Waals surface area contributed by atoms with Crippen molar-refractivity contribution >= 4 is 5.78 Å². The van der Waals surface area contributed by atoms with Gasteiger partial charge in [-0.2, -0.15) is 0 Å². The molecule has 0 spiro atoms. The summed E-state index contributed by atoms with van der Waals surface area (Å²) in [5, 5.41) is 0. The first-order valence-electron chi connectivity index (χ1n) is 6.69. The van der Waals surface area contributed by atoms with E-state index in [4.69, 9.17) is 4.74 Å². The fraction of sp³-hybridized carbons (Fsp3) is 0.533. The van der Waals surface area contributed by atoms with Crippen LogP contribution in [0, 0.1) is 0 Å². The van der Waals surface area contributed by atoms with Crippen molar-refractivity contribution in [2.45, 2.75) is 25.7 Å². The molecule has 0 amide bonds. The lowest BCUT2D eigenvalue weighted by molar-refractivity contribution is 0.0933. The van der Waals surface area contributed by atoms with Crippen molar-refractivity contribution in [2.75, 3.05) is 26.7 Å². The normalized spacial score (nSPS) is 17.2. The Morgan fingerprint density at radius 1 is 1.11 bits per heavy atom. The summed E-state index contributed by atoms with van der Waals surface area (Å²) in [7, 11) is 1.63. The lowest BCUT2D eigenvalue weighted by Gasteiger charge is -2.18. The SMILES string of the molecule is COc1ccc(C(=O)CN2CCCCCC2)cc1. The number of ether oxygens (including phenoxy) is 1. The lowest BCUT2D eigenvalue weighted by atomic mass is 10.1. The number of hydrogen-bond acceptors (Lipinski definition) is 3. The van der Waals surface area contributed by atoms with Gasteiger partial charge in [0.15, 0.2) is 5.78 Å². The average molecular weight is 247 g/mol. The highest BCUT2D eigenvalue weighted by molar-refractivity contribution is 5.97. The highest BCUT2D eigenvalue weighted by atomic mass is 16.5. The number of benzene rings is 1. The third kappa shape index (κ3) is 3.57. The molecule has 1 aromatic carbocycles. The highest BCUT2D eigenvalue weighted by Crippen LogP contribution is 2.14. The van der Waals surface area contributed by atoms with E-state index in [1.165, 1.54) is 25.7 Å². The molecule has 1 aromatic rings. The fourth-order valence-electron chi connectivity index (χ4n) is 2.37. The summed E-state index contributed by atoms with van der Waals surface area (Å²) in [5.41, 5.74) is 0.778. The summed E-state index contributed by atoms with van der Waals surface area (Å²) >= 11 is 0. The molecule has 0 N–H and O–H groups in total. The first-order chi connectivity index (χ1) is 8.79. The molecule has 1 aliphatic rings. The minimum absolute atomic E-state index is 0.208. The molecule has 1 saturated heterocycles. The Hall–Kier alpha value is -1.35. The van der Waals surface area contributed by atoms with Gasteiger partial charge in [0.05, 0.1) is 13.7 Å². The van der Waals surface area contributed by atoms with Gasteiger partial charge in [0.1, 0.15) is 5.75 Å². The second-order valence-electron chi connectivity index (χ2n) is 4.84. The molecule has 0 unspecified atom stereocenters. The van der Waals surface area contributed by atoms with Crippen molar-refractivity contribution in [1.82, 2.24) is 4.90 Å². The highest BCUT2D eigenvalue weighted by Gasteiger charge is 2.14. The summed E-state index contributed by atoms with van der Waals surface area (Å²) in [6.45, 7) is 2.66. The number of hydrogen-bond donors (Lipinski definition) is 0. The molecule has 3 heteroatoms. The van der Waals surface area contributed by atoms with E-state index in [1.54, 1.807) is 7.11 Å². The van der Waals surface area contributed by atoms with Gasteiger partial charge < -0.3 is 4.74 Å². The zero-order valence-electron chi connectivity index (χ0n) is 11.0. The minimum Gasteiger partial charge on any atom is -0.497 e. The molecule has 0 aromatic heterocycles. The van der Waals surface area contributed by atoms with Crippen molar-refractivity contribution < 1.29 is 9.53 Å². The molecule has 18 heavy (non-hydrogen) atoms. The van der Waals surface area contributed by atoms with Gasteiger partial charge in [0.25, 0.3) is 0 Å². The van der Waals surface area contributed by atoms with Crippen molar-refractivity contribution in [1.29, 1.82) is 0 Å². The van der Waals surface area contributed by atoms with Crippen LogP contribution >= 0.6 is 0 Å². The van der Waals surface area contributed by atoms with Crippen molar-refractivity contribution in [3.8, 4) is 5.75 Å². The van der Waals surface area contributed by atoms with Gasteiger partial charge in [0, 0.05) is 5.56 Å². The standard InChI is InChI=1S/C15H21NO2/c1-18-14-8-6-13(7-9-14)15(17)12-16-10-4-2-3-5-11-16/h6-9H,2-5,10-12H2,1H3. The van der Waals surface area contributed by atoms with Crippen molar-refractivity contribution in [3.63, 3.8) is 0 Å². The van der Waals surface area contributed by atoms with E-state index in [0.29, 0.717) is 6.54 Å². The van der Waals surface area contributed by atoms with Crippen LogP contribution in [0.15, 0.2) is 24.3 Å². The fourth-order valence-corrected chi connectivity index (χ4v) is 2.37. The lowest BCUT2D eigenvalue weighted by Crippen LogP contribution is -2.30. The van der Waals surface area contributed by atoms with Gasteiger partial charge >= 0.3 is 0 Å². The molecule has 3 nitrogen and oxygen atoms in total.